The van der Waals surface area contributed by atoms with Crippen LogP contribution in [0, 0.1) is 0 Å². The van der Waals surface area contributed by atoms with E-state index in [1.807, 2.05) is 0 Å². The molecule has 474 valence electrons. The van der Waals surface area contributed by atoms with Crippen LogP contribution in [0.1, 0.15) is 361 Å². The largest absolute Gasteiger partial charge is 0.462 e. The number of rotatable bonds is 65. The van der Waals surface area contributed by atoms with Crippen molar-refractivity contribution in [3.8, 4) is 0 Å². The van der Waals surface area contributed by atoms with Gasteiger partial charge in [0.2, 0.25) is 0 Å². The van der Waals surface area contributed by atoms with E-state index in [1.165, 1.54) is 218 Å². The average Bonchev–Trinajstić information content (AvgIpc) is 3.47. The zero-order valence-corrected chi connectivity index (χ0v) is 54.5. The van der Waals surface area contributed by atoms with Gasteiger partial charge in [-0.05, 0) is 96.3 Å². The minimum atomic E-state index is -0.777. The van der Waals surface area contributed by atoms with Gasteiger partial charge in [-0.1, -0.05) is 331 Å². The highest BCUT2D eigenvalue weighted by molar-refractivity contribution is 5.71. The number of carbonyl (C=O) groups is 3. The van der Waals surface area contributed by atoms with Crippen LogP contribution in [0.25, 0.3) is 0 Å². The summed E-state index contributed by atoms with van der Waals surface area (Å²) in [6.45, 7) is 6.55. The Morgan fingerprint density at radius 3 is 0.780 bits per heavy atom. The second-order valence-corrected chi connectivity index (χ2v) is 23.8. The molecule has 0 radical (unpaired) electrons. The molecule has 0 aromatic heterocycles. The van der Waals surface area contributed by atoms with Crippen molar-refractivity contribution in [2.24, 2.45) is 0 Å². The summed E-state index contributed by atoms with van der Waals surface area (Å²) in [6.07, 6.45) is 93.3. The maximum absolute atomic E-state index is 12.9. The normalized spacial score (nSPS) is 12.6. The average molecular weight is 1140 g/mol. The lowest BCUT2D eigenvalue weighted by Crippen LogP contribution is -2.30. The summed E-state index contributed by atoms with van der Waals surface area (Å²) in [5, 5.41) is 0. The molecule has 0 aliphatic rings. The molecule has 0 aromatic carbocycles. The molecular formula is C76H134O6. The maximum atomic E-state index is 12.9. The molecule has 0 aliphatic heterocycles. The Bertz CT molecular complexity index is 1550. The third-order valence-electron chi connectivity index (χ3n) is 15.6. The number of unbranched alkanes of at least 4 members (excludes halogenated alkanes) is 40. The fraction of sp³-hybridized carbons (Fsp3) is 0.776. The van der Waals surface area contributed by atoms with Crippen molar-refractivity contribution in [2.75, 3.05) is 13.2 Å². The fourth-order valence-corrected chi connectivity index (χ4v) is 10.3. The lowest BCUT2D eigenvalue weighted by molar-refractivity contribution is -0.167. The van der Waals surface area contributed by atoms with E-state index in [4.69, 9.17) is 14.2 Å². The van der Waals surface area contributed by atoms with Gasteiger partial charge in [0.15, 0.2) is 6.10 Å². The number of carbonyl (C=O) groups excluding carboxylic acids is 3. The summed E-state index contributed by atoms with van der Waals surface area (Å²) in [7, 11) is 0. The molecule has 0 spiro atoms. The Morgan fingerprint density at radius 1 is 0.256 bits per heavy atom. The number of allylic oxidation sites excluding steroid dienone is 14. The molecule has 1 unspecified atom stereocenters. The van der Waals surface area contributed by atoms with Crippen molar-refractivity contribution in [3.05, 3.63) is 85.1 Å². The molecule has 0 aliphatic carbocycles. The van der Waals surface area contributed by atoms with Crippen LogP contribution in [0.4, 0.5) is 0 Å². The van der Waals surface area contributed by atoms with E-state index in [-0.39, 0.29) is 31.1 Å². The Labute approximate surface area is 509 Å². The van der Waals surface area contributed by atoms with Crippen LogP contribution in [0.15, 0.2) is 85.1 Å². The topological polar surface area (TPSA) is 78.9 Å². The molecule has 0 heterocycles. The zero-order chi connectivity index (χ0) is 59.2. The van der Waals surface area contributed by atoms with Gasteiger partial charge in [-0.15, -0.1) is 0 Å². The van der Waals surface area contributed by atoms with E-state index >= 15 is 0 Å². The van der Waals surface area contributed by atoms with Gasteiger partial charge in [-0.3, -0.25) is 14.4 Å². The highest BCUT2D eigenvalue weighted by atomic mass is 16.6. The third-order valence-corrected chi connectivity index (χ3v) is 15.6. The van der Waals surface area contributed by atoms with Gasteiger partial charge in [0.25, 0.3) is 0 Å². The van der Waals surface area contributed by atoms with Crippen LogP contribution in [0.5, 0.6) is 0 Å². The van der Waals surface area contributed by atoms with Crippen LogP contribution in [-0.2, 0) is 28.6 Å². The van der Waals surface area contributed by atoms with Crippen LogP contribution in [0.3, 0.4) is 0 Å². The molecule has 6 nitrogen and oxygen atoms in total. The number of ether oxygens (including phenoxy) is 3. The van der Waals surface area contributed by atoms with Crippen molar-refractivity contribution < 1.29 is 28.6 Å². The van der Waals surface area contributed by atoms with Crippen LogP contribution < -0.4 is 0 Å². The standard InChI is InChI=1S/C76H134O6/c1-4-7-10-13-16-19-22-25-27-29-31-32-33-34-35-36-37-38-39-40-41-42-43-44-46-47-49-51-54-57-60-63-66-69-75(78)81-72-73(71-80-74(77)68-65-62-59-56-53-24-21-18-15-12-9-6-3)82-76(79)70-67-64-61-58-55-52-50-48-45-30-28-26-23-20-17-14-11-8-5-2/h7,10,16,18-19,21,25,27,31-32,34-35,37-38,73H,4-6,8-9,11-15,17,20,22-24,26,28-30,33,36,39-72H2,1-3H3/b10-7-,19-16-,21-18-,27-25-,32-31-,35-34-,38-37-. The van der Waals surface area contributed by atoms with Gasteiger partial charge in [0.05, 0.1) is 0 Å². The molecule has 0 bridgehead atoms. The highest BCUT2D eigenvalue weighted by Gasteiger charge is 2.19. The Hall–Kier alpha value is -3.41. The van der Waals surface area contributed by atoms with Crippen LogP contribution in [0.2, 0.25) is 0 Å². The van der Waals surface area contributed by atoms with Crippen LogP contribution >= 0.6 is 0 Å². The summed E-state index contributed by atoms with van der Waals surface area (Å²) in [5.74, 6) is -0.863. The monoisotopic (exact) mass is 1140 g/mol. The Morgan fingerprint density at radius 2 is 0.476 bits per heavy atom. The van der Waals surface area contributed by atoms with Crippen molar-refractivity contribution in [1.29, 1.82) is 0 Å². The van der Waals surface area contributed by atoms with Gasteiger partial charge in [0, 0.05) is 19.3 Å². The van der Waals surface area contributed by atoms with Gasteiger partial charge in [-0.25, -0.2) is 0 Å². The van der Waals surface area contributed by atoms with E-state index < -0.39 is 6.10 Å². The summed E-state index contributed by atoms with van der Waals surface area (Å²) in [4.78, 5) is 38.4. The predicted octanol–water partition coefficient (Wildman–Crippen LogP) is 24.6. The van der Waals surface area contributed by atoms with E-state index in [0.717, 1.165) is 103 Å². The van der Waals surface area contributed by atoms with Crippen LogP contribution in [-0.4, -0.2) is 37.2 Å². The molecule has 1 atom stereocenters. The van der Waals surface area contributed by atoms with Gasteiger partial charge in [-0.2, -0.15) is 0 Å². The summed E-state index contributed by atoms with van der Waals surface area (Å²) < 4.78 is 17.0. The fourth-order valence-electron chi connectivity index (χ4n) is 10.3. The quantitative estimate of drug-likeness (QED) is 0.0261. The number of hydrogen-bond acceptors (Lipinski definition) is 6. The SMILES string of the molecule is CC/C=C\C/C=C\C/C=C\C/C=C\C/C=C\C/C=C\CCCCCCCCCCCCCCCCC(=O)OCC(COC(=O)CCCCCCC/C=C\CCCCC)OC(=O)CCCCCCCCCCCCCCCCCCCCC. The van der Waals surface area contributed by atoms with Crippen molar-refractivity contribution in [1.82, 2.24) is 0 Å². The molecule has 0 amide bonds. The first kappa shape index (κ1) is 78.6. The zero-order valence-electron chi connectivity index (χ0n) is 54.5. The summed E-state index contributed by atoms with van der Waals surface area (Å²) >= 11 is 0. The van der Waals surface area contributed by atoms with Gasteiger partial charge < -0.3 is 14.2 Å². The molecule has 0 fully saturated rings. The predicted molar refractivity (Wildman–Crippen MR) is 358 cm³/mol. The molecule has 0 aromatic rings. The van der Waals surface area contributed by atoms with Gasteiger partial charge in [0.1, 0.15) is 13.2 Å². The number of esters is 3. The Balaban J connectivity index is 4.17. The lowest BCUT2D eigenvalue weighted by atomic mass is 10.0. The molecular weight excluding hydrogens is 1010 g/mol. The summed E-state index contributed by atoms with van der Waals surface area (Å²) in [5.41, 5.74) is 0. The maximum Gasteiger partial charge on any atom is 0.306 e. The molecule has 6 heteroatoms. The lowest BCUT2D eigenvalue weighted by Gasteiger charge is -2.18. The van der Waals surface area contributed by atoms with Crippen molar-refractivity contribution in [3.63, 3.8) is 0 Å². The summed E-state index contributed by atoms with van der Waals surface area (Å²) in [6, 6.07) is 0. The first-order valence-electron chi connectivity index (χ1n) is 35.6. The van der Waals surface area contributed by atoms with E-state index in [1.54, 1.807) is 0 Å². The molecule has 0 saturated heterocycles. The second kappa shape index (κ2) is 70.1. The minimum Gasteiger partial charge on any atom is -0.462 e. The van der Waals surface area contributed by atoms with E-state index in [0.29, 0.717) is 19.3 Å². The molecule has 0 rings (SSSR count). The molecule has 0 saturated carbocycles. The van der Waals surface area contributed by atoms with Gasteiger partial charge >= 0.3 is 17.9 Å². The molecule has 0 N–H and O–H groups in total. The minimum absolute atomic E-state index is 0.0742. The highest BCUT2D eigenvalue weighted by Crippen LogP contribution is 2.18. The van der Waals surface area contributed by atoms with Crippen molar-refractivity contribution >= 4 is 17.9 Å². The number of hydrogen-bond donors (Lipinski definition) is 0. The second-order valence-electron chi connectivity index (χ2n) is 23.8. The third kappa shape index (κ3) is 67.4. The smallest absolute Gasteiger partial charge is 0.306 e. The van der Waals surface area contributed by atoms with E-state index in [9.17, 15) is 14.4 Å². The van der Waals surface area contributed by atoms with E-state index in [2.05, 4.69) is 106 Å². The first-order chi connectivity index (χ1) is 40.5. The molecule has 82 heavy (non-hydrogen) atoms. The first-order valence-corrected chi connectivity index (χ1v) is 35.6. The van der Waals surface area contributed by atoms with Crippen molar-refractivity contribution in [2.45, 2.75) is 367 Å². The Kier molecular flexibility index (Phi) is 67.2.